The molecule has 0 fully saturated rings. The Morgan fingerprint density at radius 3 is 2.50 bits per heavy atom. The standard InChI is InChI=1S/C25H23N5/c1-17-8-6-9-18(16-17)23(21-11-2-4-14-26-21)29-24-19-10-7-13-20(19)28-25(30-24)22-12-3-5-15-27-22/h2-6,8-9,11-12,14-16,23H,7,10,13H2,1H3,(H,28,29,30). The van der Waals surface area contributed by atoms with Crippen molar-refractivity contribution in [1.29, 1.82) is 0 Å². The lowest BCUT2D eigenvalue weighted by molar-refractivity contribution is 0.866. The summed E-state index contributed by atoms with van der Waals surface area (Å²) in [6, 6.07) is 20.3. The van der Waals surface area contributed by atoms with Crippen LogP contribution in [0.3, 0.4) is 0 Å². The van der Waals surface area contributed by atoms with Gasteiger partial charge in [0, 0.05) is 23.7 Å². The van der Waals surface area contributed by atoms with E-state index in [0.29, 0.717) is 5.82 Å². The third kappa shape index (κ3) is 3.66. The molecule has 3 aromatic heterocycles. The summed E-state index contributed by atoms with van der Waals surface area (Å²) in [5.41, 5.74) is 6.48. The summed E-state index contributed by atoms with van der Waals surface area (Å²) in [5.74, 6) is 1.55. The molecule has 1 aliphatic carbocycles. The molecule has 0 radical (unpaired) electrons. The Balaban J connectivity index is 1.61. The maximum atomic E-state index is 4.92. The fraction of sp³-hybridized carbons (Fsp3) is 0.200. The van der Waals surface area contributed by atoms with Crippen molar-refractivity contribution in [2.75, 3.05) is 5.32 Å². The minimum Gasteiger partial charge on any atom is -0.357 e. The minimum absolute atomic E-state index is 0.0951. The number of aromatic nitrogens is 4. The van der Waals surface area contributed by atoms with E-state index in [0.717, 1.165) is 42.2 Å². The highest BCUT2D eigenvalue weighted by Crippen LogP contribution is 2.33. The summed E-state index contributed by atoms with van der Waals surface area (Å²) in [6.45, 7) is 2.11. The molecule has 4 aromatic rings. The lowest BCUT2D eigenvalue weighted by Gasteiger charge is -2.22. The Labute approximate surface area is 176 Å². The van der Waals surface area contributed by atoms with Crippen molar-refractivity contribution in [3.05, 3.63) is 101 Å². The quantitative estimate of drug-likeness (QED) is 0.521. The number of benzene rings is 1. The number of hydrogen-bond acceptors (Lipinski definition) is 5. The predicted molar refractivity (Wildman–Crippen MR) is 118 cm³/mol. The first-order valence-electron chi connectivity index (χ1n) is 10.3. The normalized spacial score (nSPS) is 13.6. The molecule has 30 heavy (non-hydrogen) atoms. The molecule has 5 rings (SSSR count). The highest BCUT2D eigenvalue weighted by molar-refractivity contribution is 5.59. The van der Waals surface area contributed by atoms with Gasteiger partial charge in [0.05, 0.1) is 11.7 Å². The van der Waals surface area contributed by atoms with Crippen molar-refractivity contribution in [3.63, 3.8) is 0 Å². The van der Waals surface area contributed by atoms with Crippen LogP contribution in [0.5, 0.6) is 0 Å². The molecule has 1 aromatic carbocycles. The van der Waals surface area contributed by atoms with Gasteiger partial charge in [-0.3, -0.25) is 9.97 Å². The van der Waals surface area contributed by atoms with Crippen molar-refractivity contribution in [2.45, 2.75) is 32.2 Å². The topological polar surface area (TPSA) is 63.6 Å². The van der Waals surface area contributed by atoms with E-state index in [2.05, 4.69) is 52.5 Å². The Morgan fingerprint density at radius 2 is 1.73 bits per heavy atom. The number of hydrogen-bond donors (Lipinski definition) is 1. The van der Waals surface area contributed by atoms with E-state index in [1.807, 2.05) is 36.5 Å². The Bertz CT molecular complexity index is 1160. The number of rotatable bonds is 5. The minimum atomic E-state index is -0.0951. The second-order valence-corrected chi connectivity index (χ2v) is 7.64. The summed E-state index contributed by atoms with van der Waals surface area (Å²) in [7, 11) is 0. The van der Waals surface area contributed by atoms with E-state index in [9.17, 15) is 0 Å². The van der Waals surface area contributed by atoms with Crippen molar-refractivity contribution in [3.8, 4) is 11.5 Å². The van der Waals surface area contributed by atoms with Crippen LogP contribution in [-0.2, 0) is 12.8 Å². The smallest absolute Gasteiger partial charge is 0.180 e. The fourth-order valence-electron chi connectivity index (χ4n) is 4.02. The van der Waals surface area contributed by atoms with Crippen molar-refractivity contribution in [1.82, 2.24) is 19.9 Å². The third-order valence-corrected chi connectivity index (χ3v) is 5.47. The zero-order valence-electron chi connectivity index (χ0n) is 16.9. The average molecular weight is 393 g/mol. The molecule has 0 aliphatic heterocycles. The van der Waals surface area contributed by atoms with E-state index in [-0.39, 0.29) is 6.04 Å². The van der Waals surface area contributed by atoms with Crippen molar-refractivity contribution < 1.29 is 0 Å². The van der Waals surface area contributed by atoms with Gasteiger partial charge in [0.15, 0.2) is 5.82 Å². The number of pyridine rings is 2. The number of aryl methyl sites for hydroxylation is 2. The van der Waals surface area contributed by atoms with E-state index < -0.39 is 0 Å². The summed E-state index contributed by atoms with van der Waals surface area (Å²) < 4.78 is 0. The number of nitrogens with one attached hydrogen (secondary N) is 1. The molecule has 0 bridgehead atoms. The van der Waals surface area contributed by atoms with Gasteiger partial charge in [-0.05, 0) is 56.0 Å². The van der Waals surface area contributed by atoms with E-state index in [4.69, 9.17) is 9.97 Å². The molecule has 1 N–H and O–H groups in total. The highest BCUT2D eigenvalue weighted by atomic mass is 15.1. The van der Waals surface area contributed by atoms with E-state index in [1.165, 1.54) is 16.7 Å². The molecule has 5 nitrogen and oxygen atoms in total. The zero-order valence-corrected chi connectivity index (χ0v) is 16.9. The van der Waals surface area contributed by atoms with Gasteiger partial charge in [-0.25, -0.2) is 9.97 Å². The molecule has 0 saturated carbocycles. The highest BCUT2D eigenvalue weighted by Gasteiger charge is 2.24. The van der Waals surface area contributed by atoms with Crippen LogP contribution in [0.15, 0.2) is 73.1 Å². The van der Waals surface area contributed by atoms with E-state index in [1.54, 1.807) is 6.20 Å². The first-order chi connectivity index (χ1) is 14.8. The third-order valence-electron chi connectivity index (χ3n) is 5.47. The largest absolute Gasteiger partial charge is 0.357 e. The Hall–Kier alpha value is -3.60. The molecule has 1 atom stereocenters. The van der Waals surface area contributed by atoms with Gasteiger partial charge in [0.2, 0.25) is 0 Å². The van der Waals surface area contributed by atoms with Crippen molar-refractivity contribution >= 4 is 5.82 Å². The average Bonchev–Trinajstić information content (AvgIpc) is 3.27. The van der Waals surface area contributed by atoms with Crippen LogP contribution < -0.4 is 5.32 Å². The first kappa shape index (κ1) is 18.4. The van der Waals surface area contributed by atoms with Gasteiger partial charge in [0.25, 0.3) is 0 Å². The lowest BCUT2D eigenvalue weighted by Crippen LogP contribution is -2.17. The van der Waals surface area contributed by atoms with Gasteiger partial charge in [-0.15, -0.1) is 0 Å². The maximum Gasteiger partial charge on any atom is 0.180 e. The van der Waals surface area contributed by atoms with Gasteiger partial charge < -0.3 is 5.32 Å². The number of anilines is 1. The van der Waals surface area contributed by atoms with Crippen LogP contribution in [0.2, 0.25) is 0 Å². The molecular formula is C25H23N5. The Morgan fingerprint density at radius 1 is 0.867 bits per heavy atom. The second-order valence-electron chi connectivity index (χ2n) is 7.64. The fourth-order valence-corrected chi connectivity index (χ4v) is 4.02. The first-order valence-corrected chi connectivity index (χ1v) is 10.3. The summed E-state index contributed by atoms with van der Waals surface area (Å²) >= 11 is 0. The molecule has 1 aliphatic rings. The monoisotopic (exact) mass is 393 g/mol. The van der Waals surface area contributed by atoms with Crippen LogP contribution in [0, 0.1) is 6.92 Å². The molecule has 1 unspecified atom stereocenters. The SMILES string of the molecule is Cc1cccc(C(Nc2nc(-c3ccccn3)nc3c2CCC3)c2ccccn2)c1. The van der Waals surface area contributed by atoms with Crippen LogP contribution >= 0.6 is 0 Å². The maximum absolute atomic E-state index is 4.92. The van der Waals surface area contributed by atoms with Crippen LogP contribution in [0.25, 0.3) is 11.5 Å². The van der Waals surface area contributed by atoms with Crippen LogP contribution in [-0.4, -0.2) is 19.9 Å². The molecule has 5 heteroatoms. The molecule has 0 amide bonds. The van der Waals surface area contributed by atoms with Gasteiger partial charge in [-0.1, -0.05) is 42.0 Å². The van der Waals surface area contributed by atoms with Crippen LogP contribution in [0.1, 0.15) is 40.5 Å². The molecule has 148 valence electrons. The van der Waals surface area contributed by atoms with E-state index >= 15 is 0 Å². The van der Waals surface area contributed by atoms with Crippen LogP contribution in [0.4, 0.5) is 5.82 Å². The Kier molecular flexibility index (Phi) is 4.93. The van der Waals surface area contributed by atoms with Crippen molar-refractivity contribution in [2.24, 2.45) is 0 Å². The summed E-state index contributed by atoms with van der Waals surface area (Å²) in [6.07, 6.45) is 6.68. The summed E-state index contributed by atoms with van der Waals surface area (Å²) in [5, 5.41) is 3.71. The zero-order chi connectivity index (χ0) is 20.3. The van der Waals surface area contributed by atoms with Gasteiger partial charge in [0.1, 0.15) is 11.5 Å². The lowest BCUT2D eigenvalue weighted by atomic mass is 10.0. The number of nitrogens with zero attached hydrogens (tertiary/aromatic N) is 4. The van der Waals surface area contributed by atoms with Gasteiger partial charge in [-0.2, -0.15) is 0 Å². The molecule has 3 heterocycles. The predicted octanol–water partition coefficient (Wildman–Crippen LogP) is 4.93. The molecule has 0 spiro atoms. The summed E-state index contributed by atoms with van der Waals surface area (Å²) in [4.78, 5) is 18.8. The molecule has 0 saturated heterocycles. The van der Waals surface area contributed by atoms with Gasteiger partial charge >= 0.3 is 0 Å². The second kappa shape index (κ2) is 8.03. The number of fused-ring (bicyclic) bond motifs is 1. The molecular weight excluding hydrogens is 370 g/mol.